The minimum atomic E-state index is -0.653. The molecule has 2 heterocycles. The van der Waals surface area contributed by atoms with E-state index in [-0.39, 0.29) is 30.3 Å². The molecule has 0 radical (unpaired) electrons. The lowest BCUT2D eigenvalue weighted by Crippen LogP contribution is -2.54. The largest absolute Gasteiger partial charge is 0.378 e. The minimum Gasteiger partial charge on any atom is -0.378 e. The van der Waals surface area contributed by atoms with Gasteiger partial charge < -0.3 is 30.5 Å². The van der Waals surface area contributed by atoms with Gasteiger partial charge in [0.05, 0.1) is 25.8 Å². The van der Waals surface area contributed by atoms with E-state index in [4.69, 9.17) is 4.74 Å². The average molecular weight is 615 g/mol. The highest BCUT2D eigenvalue weighted by Gasteiger charge is 2.35. The molecule has 1 aromatic rings. The molecule has 11 heteroatoms. The van der Waals surface area contributed by atoms with E-state index in [0.717, 1.165) is 18.5 Å². The predicted molar refractivity (Wildman–Crippen MR) is 173 cm³/mol. The van der Waals surface area contributed by atoms with E-state index in [1.165, 1.54) is 4.90 Å². The molecule has 44 heavy (non-hydrogen) atoms. The van der Waals surface area contributed by atoms with Crippen molar-refractivity contribution in [2.45, 2.75) is 86.2 Å². The Hall–Kier alpha value is -3.65. The number of hydrogen-bond donors (Lipinski definition) is 3. The molecule has 2 aliphatic heterocycles. The van der Waals surface area contributed by atoms with Crippen molar-refractivity contribution in [1.82, 2.24) is 20.4 Å². The number of nitrogens with one attached hydrogen (secondary N) is 3. The van der Waals surface area contributed by atoms with Gasteiger partial charge in [-0.1, -0.05) is 79.5 Å². The second kappa shape index (κ2) is 20.3. The lowest BCUT2D eigenvalue weighted by atomic mass is 10.0. The van der Waals surface area contributed by atoms with Crippen LogP contribution in [-0.2, 0) is 19.1 Å². The number of likely N-dealkylation sites (tertiary alicyclic amines) is 1. The summed E-state index contributed by atoms with van der Waals surface area (Å²) in [6, 6.07) is 10.1. The first-order valence-corrected chi connectivity index (χ1v) is 15.8. The molecule has 0 spiro atoms. The summed E-state index contributed by atoms with van der Waals surface area (Å²) in [6.07, 6.45) is 4.03. The van der Waals surface area contributed by atoms with Gasteiger partial charge in [-0.25, -0.2) is 4.79 Å². The summed E-state index contributed by atoms with van der Waals surface area (Å²) >= 11 is 0. The van der Waals surface area contributed by atoms with Gasteiger partial charge in [-0.05, 0) is 42.2 Å². The van der Waals surface area contributed by atoms with Gasteiger partial charge in [0.15, 0.2) is 0 Å². The zero-order valence-corrected chi connectivity index (χ0v) is 27.7. The van der Waals surface area contributed by atoms with Crippen LogP contribution in [0.25, 0.3) is 0 Å². The number of anilines is 1. The molecular formula is C33H54N6O5. The molecule has 0 aromatic heterocycles. The van der Waals surface area contributed by atoms with E-state index in [0.29, 0.717) is 63.4 Å². The van der Waals surface area contributed by atoms with Gasteiger partial charge in [-0.15, -0.1) is 0 Å². The fourth-order valence-corrected chi connectivity index (χ4v) is 4.36. The Balaban J connectivity index is 0.000000497. The van der Waals surface area contributed by atoms with Crippen molar-refractivity contribution in [3.8, 4) is 6.07 Å². The number of hydrogen-bond acceptors (Lipinski definition) is 6. The highest BCUT2D eigenvalue weighted by molar-refractivity contribution is 5.90. The Morgan fingerprint density at radius 3 is 2.20 bits per heavy atom. The summed E-state index contributed by atoms with van der Waals surface area (Å²) in [5.41, 5.74) is 1.33. The van der Waals surface area contributed by atoms with E-state index in [9.17, 15) is 24.4 Å². The Kier molecular flexibility index (Phi) is 17.7. The van der Waals surface area contributed by atoms with Crippen molar-refractivity contribution in [3.05, 3.63) is 30.3 Å². The highest BCUT2D eigenvalue weighted by atomic mass is 16.5. The first kappa shape index (κ1) is 38.4. The zero-order chi connectivity index (χ0) is 33.1. The fraction of sp³-hybridized carbons (Fsp3) is 0.667. The van der Waals surface area contributed by atoms with Gasteiger partial charge in [0, 0.05) is 25.3 Å². The third-order valence-electron chi connectivity index (χ3n) is 6.57. The molecule has 246 valence electrons. The Labute approximate surface area is 264 Å². The molecule has 11 nitrogen and oxygen atoms in total. The van der Waals surface area contributed by atoms with Crippen LogP contribution in [0.3, 0.4) is 0 Å². The van der Waals surface area contributed by atoms with Crippen molar-refractivity contribution < 1.29 is 23.9 Å². The van der Waals surface area contributed by atoms with Gasteiger partial charge in [-0.2, -0.15) is 5.26 Å². The first-order chi connectivity index (χ1) is 20.9. The maximum atomic E-state index is 12.7. The van der Waals surface area contributed by atoms with E-state index in [1.807, 2.05) is 51.1 Å². The molecular weight excluding hydrogens is 560 g/mol. The number of amides is 5. The summed E-state index contributed by atoms with van der Waals surface area (Å²) in [4.78, 5) is 50.6. The van der Waals surface area contributed by atoms with Crippen LogP contribution in [0.4, 0.5) is 10.5 Å². The van der Waals surface area contributed by atoms with Crippen molar-refractivity contribution in [2.75, 3.05) is 44.7 Å². The molecule has 3 N–H and O–H groups in total. The quantitative estimate of drug-likeness (QED) is 0.370. The molecule has 0 bridgehead atoms. The molecule has 3 unspecified atom stereocenters. The standard InChI is InChI=1S/C19H29N5O4.C7H7NO.C5H12.C2H6/c1-13-8-15(10-20)24(12-13)17(25)11-21-18(26)16(9-14-2-3-14)22-19(27)23-4-6-28-7-5-23;9-6-8-7-4-2-1-3-5-7;1-5(2,3)4;1-2/h13-16H,2-9,11-12H2,1H3,(H,21,26)(H,22,27);1-6H,(H,8,9);1-4H3;1-2H3. The van der Waals surface area contributed by atoms with Gasteiger partial charge in [0.25, 0.3) is 0 Å². The van der Waals surface area contributed by atoms with Crippen molar-refractivity contribution in [2.24, 2.45) is 17.3 Å². The van der Waals surface area contributed by atoms with Crippen LogP contribution in [0.5, 0.6) is 0 Å². The Morgan fingerprint density at radius 2 is 1.68 bits per heavy atom. The number of rotatable bonds is 8. The van der Waals surface area contributed by atoms with Crippen LogP contribution in [0.2, 0.25) is 0 Å². The number of benzene rings is 1. The molecule has 1 saturated carbocycles. The molecule has 1 aliphatic carbocycles. The van der Waals surface area contributed by atoms with Gasteiger partial charge >= 0.3 is 6.03 Å². The molecule has 4 rings (SSSR count). The summed E-state index contributed by atoms with van der Waals surface area (Å²) in [7, 11) is 0. The van der Waals surface area contributed by atoms with Gasteiger partial charge in [-0.3, -0.25) is 14.4 Å². The lowest BCUT2D eigenvalue weighted by Gasteiger charge is -2.29. The van der Waals surface area contributed by atoms with E-state index < -0.39 is 12.1 Å². The highest BCUT2D eigenvalue weighted by Crippen LogP contribution is 2.33. The molecule has 3 fully saturated rings. The average Bonchev–Trinajstić information content (AvgIpc) is 3.74. The minimum absolute atomic E-state index is 0.154. The Morgan fingerprint density at radius 1 is 1.09 bits per heavy atom. The smallest absolute Gasteiger partial charge is 0.318 e. The molecule has 2 saturated heterocycles. The van der Waals surface area contributed by atoms with Crippen molar-refractivity contribution >= 4 is 29.9 Å². The second-order valence-electron chi connectivity index (χ2n) is 12.7. The van der Waals surface area contributed by atoms with Crippen LogP contribution < -0.4 is 16.0 Å². The second-order valence-corrected chi connectivity index (χ2v) is 12.7. The van der Waals surface area contributed by atoms with Crippen molar-refractivity contribution in [1.29, 1.82) is 5.26 Å². The summed E-state index contributed by atoms with van der Waals surface area (Å²) in [6.45, 7) is 17.1. The van der Waals surface area contributed by atoms with Crippen LogP contribution in [0, 0.1) is 28.6 Å². The van der Waals surface area contributed by atoms with Crippen molar-refractivity contribution in [3.63, 3.8) is 0 Å². The third-order valence-corrected chi connectivity index (χ3v) is 6.57. The number of ether oxygens (including phenoxy) is 1. The third kappa shape index (κ3) is 16.3. The topological polar surface area (TPSA) is 144 Å². The first-order valence-electron chi connectivity index (χ1n) is 15.8. The monoisotopic (exact) mass is 614 g/mol. The van der Waals surface area contributed by atoms with E-state index in [1.54, 1.807) is 4.90 Å². The number of morpholine rings is 1. The number of carbonyl (C=O) groups is 4. The maximum absolute atomic E-state index is 12.7. The SMILES string of the molecule is CC.CC(C)(C)C.CC1CC(C#N)N(C(=O)CNC(=O)C(CC2CC2)NC(=O)N2CCOCC2)C1.O=CNc1ccccc1. The number of urea groups is 1. The molecule has 3 atom stereocenters. The number of carbonyl (C=O) groups excluding carboxylic acids is 4. The van der Waals surface area contributed by atoms with Gasteiger partial charge in [0.2, 0.25) is 18.2 Å². The number of nitrogens with zero attached hydrogens (tertiary/aromatic N) is 3. The van der Waals surface area contributed by atoms with E-state index in [2.05, 4.69) is 49.7 Å². The summed E-state index contributed by atoms with van der Waals surface area (Å²) < 4.78 is 5.25. The summed E-state index contributed by atoms with van der Waals surface area (Å²) in [5.74, 6) is 0.120. The normalized spacial score (nSPS) is 19.6. The van der Waals surface area contributed by atoms with Crippen LogP contribution in [-0.4, -0.2) is 85.5 Å². The predicted octanol–water partition coefficient (Wildman–Crippen LogP) is 4.41. The number of para-hydroxylation sites is 1. The van der Waals surface area contributed by atoms with Crippen LogP contribution >= 0.6 is 0 Å². The zero-order valence-electron chi connectivity index (χ0n) is 27.7. The molecule has 1 aromatic carbocycles. The lowest BCUT2D eigenvalue weighted by molar-refractivity contribution is -0.133. The number of nitriles is 1. The van der Waals surface area contributed by atoms with E-state index >= 15 is 0 Å². The molecule has 5 amide bonds. The van der Waals surface area contributed by atoms with Crippen LogP contribution in [0.15, 0.2) is 30.3 Å². The summed E-state index contributed by atoms with van der Waals surface area (Å²) in [5, 5.41) is 17.2. The Bertz CT molecular complexity index is 1040. The molecule has 3 aliphatic rings. The van der Waals surface area contributed by atoms with Crippen LogP contribution in [0.1, 0.15) is 74.1 Å². The van der Waals surface area contributed by atoms with Gasteiger partial charge in [0.1, 0.15) is 12.1 Å². The maximum Gasteiger partial charge on any atom is 0.318 e. The fourth-order valence-electron chi connectivity index (χ4n) is 4.36.